The van der Waals surface area contributed by atoms with Crippen molar-refractivity contribution >= 4 is 11.9 Å². The van der Waals surface area contributed by atoms with Crippen LogP contribution in [0.2, 0.25) is 0 Å². The van der Waals surface area contributed by atoms with Gasteiger partial charge in [-0.1, -0.05) is 0 Å². The molecule has 1 saturated heterocycles. The van der Waals surface area contributed by atoms with Gasteiger partial charge < -0.3 is 24.6 Å². The summed E-state index contributed by atoms with van der Waals surface area (Å²) >= 11 is 0. The second-order valence-electron chi connectivity index (χ2n) is 7.22. The number of hydrogen-bond donors (Lipinski definition) is 1. The van der Waals surface area contributed by atoms with Crippen LogP contribution in [0.1, 0.15) is 37.3 Å². The van der Waals surface area contributed by atoms with E-state index in [2.05, 4.69) is 29.3 Å². The number of carbonyl (C=O) groups excluding carboxylic acids is 1. The number of likely N-dealkylation sites (tertiary alicyclic amines) is 1. The second-order valence-corrected chi connectivity index (χ2v) is 7.22. The van der Waals surface area contributed by atoms with Crippen molar-refractivity contribution < 1.29 is 14.3 Å². The highest BCUT2D eigenvalue weighted by Crippen LogP contribution is 2.33. The molecule has 7 nitrogen and oxygen atoms in total. The summed E-state index contributed by atoms with van der Waals surface area (Å²) in [6.07, 6.45) is 3.65. The van der Waals surface area contributed by atoms with Crippen molar-refractivity contribution in [3.63, 3.8) is 0 Å². The third-order valence-corrected chi connectivity index (χ3v) is 5.40. The molecule has 1 fully saturated rings. The lowest BCUT2D eigenvalue weighted by molar-refractivity contribution is -0.129. The van der Waals surface area contributed by atoms with Crippen LogP contribution in [0.5, 0.6) is 11.5 Å². The standard InChI is InChI=1S/C21H32N4O3/c1-4-22-21(23-9-7-20(26)24-10-5-6-11-24)25-12-8-16-13-18(27-2)19(28-3)14-17(16)15-25/h13-14H,4-12,15H2,1-3H3,(H,22,23). The molecule has 2 aliphatic rings. The number of rotatable bonds is 6. The third-order valence-electron chi connectivity index (χ3n) is 5.40. The van der Waals surface area contributed by atoms with Gasteiger partial charge in [0.2, 0.25) is 5.91 Å². The summed E-state index contributed by atoms with van der Waals surface area (Å²) < 4.78 is 10.9. The van der Waals surface area contributed by atoms with Gasteiger partial charge >= 0.3 is 0 Å². The van der Waals surface area contributed by atoms with E-state index in [4.69, 9.17) is 14.5 Å². The molecule has 0 saturated carbocycles. The normalized spacial score (nSPS) is 16.8. The third kappa shape index (κ3) is 4.69. The summed E-state index contributed by atoms with van der Waals surface area (Å²) in [6.45, 7) is 6.83. The van der Waals surface area contributed by atoms with Crippen LogP contribution in [0.25, 0.3) is 0 Å². The summed E-state index contributed by atoms with van der Waals surface area (Å²) in [5.41, 5.74) is 2.51. The number of fused-ring (bicyclic) bond motifs is 1. The Morgan fingerprint density at radius 3 is 2.39 bits per heavy atom. The van der Waals surface area contributed by atoms with E-state index in [0.717, 1.165) is 69.4 Å². The average Bonchev–Trinajstić information content (AvgIpc) is 3.26. The minimum absolute atomic E-state index is 0.220. The Balaban J connectivity index is 1.66. The Kier molecular flexibility index (Phi) is 7.01. The topological polar surface area (TPSA) is 66.4 Å². The van der Waals surface area contributed by atoms with E-state index in [1.807, 2.05) is 4.90 Å². The number of nitrogens with one attached hydrogen (secondary N) is 1. The molecule has 0 aliphatic carbocycles. The van der Waals surface area contributed by atoms with Gasteiger partial charge in [-0.2, -0.15) is 0 Å². The van der Waals surface area contributed by atoms with Crippen molar-refractivity contribution in [2.75, 3.05) is 46.9 Å². The summed E-state index contributed by atoms with van der Waals surface area (Å²) in [4.78, 5) is 21.2. The molecule has 2 heterocycles. The van der Waals surface area contributed by atoms with Crippen molar-refractivity contribution in [1.82, 2.24) is 15.1 Å². The van der Waals surface area contributed by atoms with Crippen molar-refractivity contribution in [3.8, 4) is 11.5 Å². The van der Waals surface area contributed by atoms with Gasteiger partial charge in [0.05, 0.1) is 20.8 Å². The summed E-state index contributed by atoms with van der Waals surface area (Å²) in [6, 6.07) is 4.13. The quantitative estimate of drug-likeness (QED) is 0.597. The zero-order valence-corrected chi connectivity index (χ0v) is 17.3. The van der Waals surface area contributed by atoms with E-state index in [9.17, 15) is 4.79 Å². The van der Waals surface area contributed by atoms with Crippen LogP contribution >= 0.6 is 0 Å². The maximum atomic E-state index is 12.3. The van der Waals surface area contributed by atoms with Crippen molar-refractivity contribution in [3.05, 3.63) is 23.3 Å². The molecule has 7 heteroatoms. The Morgan fingerprint density at radius 2 is 1.75 bits per heavy atom. The molecule has 1 aromatic carbocycles. The van der Waals surface area contributed by atoms with Crippen LogP contribution in [0.4, 0.5) is 0 Å². The minimum Gasteiger partial charge on any atom is -0.493 e. The van der Waals surface area contributed by atoms with Crippen LogP contribution < -0.4 is 14.8 Å². The first-order valence-electron chi connectivity index (χ1n) is 10.2. The van der Waals surface area contributed by atoms with Crippen LogP contribution in [-0.4, -0.2) is 68.6 Å². The zero-order valence-electron chi connectivity index (χ0n) is 17.3. The number of guanidine groups is 1. The SMILES string of the molecule is CCNC(=NCCC(=O)N1CCCC1)N1CCc2cc(OC)c(OC)cc2C1. The molecule has 0 unspecified atom stereocenters. The number of benzene rings is 1. The average molecular weight is 389 g/mol. The number of hydrogen-bond acceptors (Lipinski definition) is 4. The fourth-order valence-electron chi connectivity index (χ4n) is 3.87. The van der Waals surface area contributed by atoms with E-state index in [1.54, 1.807) is 14.2 Å². The Hall–Kier alpha value is -2.44. The molecular weight excluding hydrogens is 356 g/mol. The fraction of sp³-hybridized carbons (Fsp3) is 0.619. The highest BCUT2D eigenvalue weighted by Gasteiger charge is 2.22. The molecule has 0 bridgehead atoms. The van der Waals surface area contributed by atoms with Gasteiger partial charge in [-0.05, 0) is 49.4 Å². The molecule has 0 atom stereocenters. The van der Waals surface area contributed by atoms with Gasteiger partial charge in [0.15, 0.2) is 17.5 Å². The maximum Gasteiger partial charge on any atom is 0.224 e. The molecule has 28 heavy (non-hydrogen) atoms. The Bertz CT molecular complexity index is 714. The maximum absolute atomic E-state index is 12.3. The molecule has 0 spiro atoms. The predicted molar refractivity (Wildman–Crippen MR) is 110 cm³/mol. The van der Waals surface area contributed by atoms with Gasteiger partial charge in [0.1, 0.15) is 0 Å². The number of nitrogens with zero attached hydrogens (tertiary/aromatic N) is 3. The molecular formula is C21H32N4O3. The number of carbonyl (C=O) groups is 1. The van der Waals surface area contributed by atoms with E-state index in [1.165, 1.54) is 11.1 Å². The smallest absolute Gasteiger partial charge is 0.224 e. The highest BCUT2D eigenvalue weighted by molar-refractivity contribution is 5.81. The van der Waals surface area contributed by atoms with Gasteiger partial charge in [-0.25, -0.2) is 0 Å². The molecule has 154 valence electrons. The van der Waals surface area contributed by atoms with Crippen molar-refractivity contribution in [1.29, 1.82) is 0 Å². The number of aliphatic imine (C=N–C) groups is 1. The summed E-state index contributed by atoms with van der Waals surface area (Å²) in [5.74, 6) is 2.62. The highest BCUT2D eigenvalue weighted by atomic mass is 16.5. The van der Waals surface area contributed by atoms with E-state index in [-0.39, 0.29) is 5.91 Å². The van der Waals surface area contributed by atoms with E-state index >= 15 is 0 Å². The zero-order chi connectivity index (χ0) is 19.9. The van der Waals surface area contributed by atoms with Crippen LogP contribution in [-0.2, 0) is 17.8 Å². The van der Waals surface area contributed by atoms with Gasteiger partial charge in [0, 0.05) is 39.1 Å². The first-order chi connectivity index (χ1) is 13.7. The molecule has 2 aliphatic heterocycles. The van der Waals surface area contributed by atoms with Crippen LogP contribution in [0, 0.1) is 0 Å². The lowest BCUT2D eigenvalue weighted by Gasteiger charge is -2.32. The van der Waals surface area contributed by atoms with Crippen molar-refractivity contribution in [2.24, 2.45) is 4.99 Å². The predicted octanol–water partition coefficient (Wildman–Crippen LogP) is 2.04. The van der Waals surface area contributed by atoms with Gasteiger partial charge in [-0.15, -0.1) is 0 Å². The number of methoxy groups -OCH3 is 2. The van der Waals surface area contributed by atoms with E-state index < -0.39 is 0 Å². The van der Waals surface area contributed by atoms with Gasteiger partial charge in [0.25, 0.3) is 0 Å². The molecule has 1 N–H and O–H groups in total. The number of ether oxygens (including phenoxy) is 2. The van der Waals surface area contributed by atoms with Gasteiger partial charge in [-0.3, -0.25) is 9.79 Å². The lowest BCUT2D eigenvalue weighted by atomic mass is 9.99. The monoisotopic (exact) mass is 388 g/mol. The lowest BCUT2D eigenvalue weighted by Crippen LogP contribution is -2.44. The minimum atomic E-state index is 0.220. The van der Waals surface area contributed by atoms with E-state index in [0.29, 0.717) is 13.0 Å². The van der Waals surface area contributed by atoms with Crippen LogP contribution in [0.3, 0.4) is 0 Å². The number of amides is 1. The molecule has 1 aromatic rings. The first-order valence-corrected chi connectivity index (χ1v) is 10.2. The van der Waals surface area contributed by atoms with Crippen molar-refractivity contribution in [2.45, 2.75) is 39.2 Å². The summed E-state index contributed by atoms with van der Waals surface area (Å²) in [7, 11) is 3.33. The molecule has 3 rings (SSSR count). The summed E-state index contributed by atoms with van der Waals surface area (Å²) in [5, 5.41) is 3.37. The Labute approximate surface area is 167 Å². The Morgan fingerprint density at radius 1 is 1.07 bits per heavy atom. The van der Waals surface area contributed by atoms with Crippen LogP contribution in [0.15, 0.2) is 17.1 Å². The molecule has 0 aromatic heterocycles. The fourth-order valence-corrected chi connectivity index (χ4v) is 3.87. The molecule has 0 radical (unpaired) electrons. The largest absolute Gasteiger partial charge is 0.493 e. The first kappa shape index (κ1) is 20.3. The molecule has 1 amide bonds. The second kappa shape index (κ2) is 9.66.